The SMILES string of the molecule is COc1ccccc1N1CCN(C(=O)c2ccc(NS(=O)(=O)c3ccc(F)cc3C)cc2)CC1. The second-order valence-electron chi connectivity index (χ2n) is 8.04. The Balaban J connectivity index is 1.40. The minimum absolute atomic E-state index is 0.00182. The first-order valence-corrected chi connectivity index (χ1v) is 12.3. The summed E-state index contributed by atoms with van der Waals surface area (Å²) in [6, 6.07) is 17.6. The number of para-hydroxylation sites is 2. The van der Waals surface area contributed by atoms with E-state index in [9.17, 15) is 17.6 Å². The van der Waals surface area contributed by atoms with Gasteiger partial charge in [-0.3, -0.25) is 9.52 Å². The van der Waals surface area contributed by atoms with Crippen LogP contribution in [0.4, 0.5) is 15.8 Å². The molecule has 1 heterocycles. The van der Waals surface area contributed by atoms with Gasteiger partial charge in [-0.05, 0) is 67.1 Å². The second-order valence-corrected chi connectivity index (χ2v) is 9.69. The molecule has 1 fully saturated rings. The standard InChI is InChI=1S/C25H26FN3O4S/c1-18-17-20(26)9-12-24(18)34(31,32)27-21-10-7-19(8-11-21)25(30)29-15-13-28(14-16-29)22-5-3-4-6-23(22)33-2/h3-12,17,27H,13-16H2,1-2H3. The zero-order valence-electron chi connectivity index (χ0n) is 19.0. The summed E-state index contributed by atoms with van der Waals surface area (Å²) < 4.78 is 46.6. The van der Waals surface area contributed by atoms with E-state index in [1.165, 1.54) is 19.1 Å². The number of carbonyl (C=O) groups excluding carboxylic acids is 1. The largest absolute Gasteiger partial charge is 0.495 e. The summed E-state index contributed by atoms with van der Waals surface area (Å²) in [7, 11) is -2.24. The van der Waals surface area contributed by atoms with Crippen molar-refractivity contribution in [1.29, 1.82) is 0 Å². The highest BCUT2D eigenvalue weighted by Crippen LogP contribution is 2.28. The number of piperazine rings is 1. The molecule has 0 spiro atoms. The third-order valence-corrected chi connectivity index (χ3v) is 7.34. The molecule has 178 valence electrons. The third-order valence-electron chi connectivity index (χ3n) is 5.80. The lowest BCUT2D eigenvalue weighted by atomic mass is 10.1. The van der Waals surface area contributed by atoms with E-state index in [0.717, 1.165) is 17.5 Å². The van der Waals surface area contributed by atoms with Crippen molar-refractivity contribution in [3.05, 3.63) is 83.7 Å². The highest BCUT2D eigenvalue weighted by Gasteiger charge is 2.24. The maximum Gasteiger partial charge on any atom is 0.262 e. The van der Waals surface area contributed by atoms with Crippen LogP contribution in [-0.4, -0.2) is 52.5 Å². The van der Waals surface area contributed by atoms with Crippen LogP contribution in [0.3, 0.4) is 0 Å². The fourth-order valence-corrected chi connectivity index (χ4v) is 5.32. The van der Waals surface area contributed by atoms with Gasteiger partial charge in [-0.15, -0.1) is 0 Å². The lowest BCUT2D eigenvalue weighted by Crippen LogP contribution is -2.48. The minimum Gasteiger partial charge on any atom is -0.495 e. The van der Waals surface area contributed by atoms with E-state index in [1.54, 1.807) is 36.3 Å². The molecule has 0 radical (unpaired) electrons. The van der Waals surface area contributed by atoms with Crippen molar-refractivity contribution in [1.82, 2.24) is 4.90 Å². The lowest BCUT2D eigenvalue weighted by molar-refractivity contribution is 0.0746. The molecule has 1 saturated heterocycles. The van der Waals surface area contributed by atoms with E-state index < -0.39 is 15.8 Å². The Bertz CT molecular complexity index is 1290. The number of amides is 1. The van der Waals surface area contributed by atoms with Crippen LogP contribution in [0.1, 0.15) is 15.9 Å². The van der Waals surface area contributed by atoms with E-state index in [-0.39, 0.29) is 10.8 Å². The summed E-state index contributed by atoms with van der Waals surface area (Å²) in [5, 5.41) is 0. The molecule has 0 saturated carbocycles. The number of sulfonamides is 1. The maximum absolute atomic E-state index is 13.3. The van der Waals surface area contributed by atoms with Gasteiger partial charge in [-0.2, -0.15) is 0 Å². The van der Waals surface area contributed by atoms with Crippen molar-refractivity contribution in [3.63, 3.8) is 0 Å². The maximum atomic E-state index is 13.3. The van der Waals surface area contributed by atoms with Crippen molar-refractivity contribution in [3.8, 4) is 5.75 Å². The Hall–Kier alpha value is -3.59. The molecule has 3 aromatic rings. The number of anilines is 2. The van der Waals surface area contributed by atoms with Gasteiger partial charge in [-0.1, -0.05) is 12.1 Å². The topological polar surface area (TPSA) is 79.0 Å². The van der Waals surface area contributed by atoms with Crippen LogP contribution in [0.25, 0.3) is 0 Å². The fourth-order valence-electron chi connectivity index (χ4n) is 4.03. The highest BCUT2D eigenvalue weighted by atomic mass is 32.2. The summed E-state index contributed by atoms with van der Waals surface area (Å²) in [6.45, 7) is 4.03. The average Bonchev–Trinajstić information content (AvgIpc) is 2.83. The number of hydrogen-bond acceptors (Lipinski definition) is 5. The number of benzene rings is 3. The summed E-state index contributed by atoms with van der Waals surface area (Å²) in [5.41, 5.74) is 2.12. The molecule has 0 bridgehead atoms. The first kappa shape index (κ1) is 23.6. The molecule has 0 aromatic heterocycles. The van der Waals surface area contributed by atoms with E-state index in [0.29, 0.717) is 43.0 Å². The van der Waals surface area contributed by atoms with Crippen LogP contribution in [0.2, 0.25) is 0 Å². The number of aryl methyl sites for hydroxylation is 1. The van der Waals surface area contributed by atoms with Crippen molar-refractivity contribution in [2.75, 3.05) is 42.9 Å². The molecule has 4 rings (SSSR count). The monoisotopic (exact) mass is 483 g/mol. The van der Waals surface area contributed by atoms with Gasteiger partial charge >= 0.3 is 0 Å². The van der Waals surface area contributed by atoms with Gasteiger partial charge in [0.25, 0.3) is 15.9 Å². The molecule has 1 amide bonds. The van der Waals surface area contributed by atoms with E-state index in [1.807, 2.05) is 24.3 Å². The normalized spacial score (nSPS) is 14.1. The minimum atomic E-state index is -3.88. The van der Waals surface area contributed by atoms with Crippen LogP contribution in [0.5, 0.6) is 5.75 Å². The number of nitrogens with zero attached hydrogens (tertiary/aromatic N) is 2. The third kappa shape index (κ3) is 4.99. The van der Waals surface area contributed by atoms with E-state index in [2.05, 4.69) is 9.62 Å². The van der Waals surface area contributed by atoms with Crippen LogP contribution in [0.15, 0.2) is 71.6 Å². The predicted molar refractivity (Wildman–Crippen MR) is 129 cm³/mol. The summed E-state index contributed by atoms with van der Waals surface area (Å²) in [5.74, 6) is 0.197. The Labute approximate surface area is 198 Å². The number of rotatable bonds is 6. The van der Waals surface area contributed by atoms with Crippen molar-refractivity contribution in [2.24, 2.45) is 0 Å². The first-order chi connectivity index (χ1) is 16.3. The van der Waals surface area contributed by atoms with E-state index in [4.69, 9.17) is 4.74 Å². The second kappa shape index (κ2) is 9.72. The van der Waals surface area contributed by atoms with Crippen LogP contribution < -0.4 is 14.4 Å². The van der Waals surface area contributed by atoms with Crippen LogP contribution in [-0.2, 0) is 10.0 Å². The Kier molecular flexibility index (Phi) is 6.74. The molecule has 0 aliphatic carbocycles. The molecular formula is C25H26FN3O4S. The van der Waals surface area contributed by atoms with E-state index >= 15 is 0 Å². The van der Waals surface area contributed by atoms with Crippen molar-refractivity contribution < 1.29 is 22.3 Å². The highest BCUT2D eigenvalue weighted by molar-refractivity contribution is 7.92. The predicted octanol–water partition coefficient (Wildman–Crippen LogP) is 3.91. The lowest BCUT2D eigenvalue weighted by Gasteiger charge is -2.36. The summed E-state index contributed by atoms with van der Waals surface area (Å²) >= 11 is 0. The number of ether oxygens (including phenoxy) is 1. The number of methoxy groups -OCH3 is 1. The first-order valence-electron chi connectivity index (χ1n) is 10.8. The molecule has 7 nitrogen and oxygen atoms in total. The molecule has 0 atom stereocenters. The smallest absolute Gasteiger partial charge is 0.262 e. The number of nitrogens with one attached hydrogen (secondary N) is 1. The Morgan fingerprint density at radius 2 is 1.65 bits per heavy atom. The van der Waals surface area contributed by atoms with Crippen LogP contribution in [0, 0.1) is 12.7 Å². The van der Waals surface area contributed by atoms with Gasteiger partial charge in [0, 0.05) is 37.4 Å². The molecule has 3 aromatic carbocycles. The van der Waals surface area contributed by atoms with Gasteiger partial charge in [0.2, 0.25) is 0 Å². The van der Waals surface area contributed by atoms with Gasteiger partial charge in [0.1, 0.15) is 11.6 Å². The molecule has 1 N–H and O–H groups in total. The molecule has 9 heteroatoms. The van der Waals surface area contributed by atoms with Crippen molar-refractivity contribution in [2.45, 2.75) is 11.8 Å². The number of carbonyl (C=O) groups is 1. The quantitative estimate of drug-likeness (QED) is 0.575. The zero-order chi connectivity index (χ0) is 24.3. The van der Waals surface area contributed by atoms with Gasteiger partial charge < -0.3 is 14.5 Å². The van der Waals surface area contributed by atoms with Gasteiger partial charge in [0.15, 0.2) is 0 Å². The van der Waals surface area contributed by atoms with Crippen molar-refractivity contribution >= 4 is 27.3 Å². The molecule has 1 aliphatic rings. The Morgan fingerprint density at radius 3 is 2.29 bits per heavy atom. The number of halogens is 1. The van der Waals surface area contributed by atoms with Crippen LogP contribution >= 0.6 is 0 Å². The average molecular weight is 484 g/mol. The zero-order valence-corrected chi connectivity index (χ0v) is 19.8. The summed E-state index contributed by atoms with van der Waals surface area (Å²) in [6.07, 6.45) is 0. The molecular weight excluding hydrogens is 457 g/mol. The van der Waals surface area contributed by atoms with Gasteiger partial charge in [-0.25, -0.2) is 12.8 Å². The number of hydrogen-bond donors (Lipinski definition) is 1. The Morgan fingerprint density at radius 1 is 0.971 bits per heavy atom. The molecule has 34 heavy (non-hydrogen) atoms. The summed E-state index contributed by atoms with van der Waals surface area (Å²) in [4.78, 5) is 16.9. The fraction of sp³-hybridized carbons (Fsp3) is 0.240. The molecule has 0 unspecified atom stereocenters. The molecule has 1 aliphatic heterocycles. The van der Waals surface area contributed by atoms with Gasteiger partial charge in [0.05, 0.1) is 17.7 Å².